The summed E-state index contributed by atoms with van der Waals surface area (Å²) in [5.74, 6) is 1.67. The second-order valence-corrected chi connectivity index (χ2v) is 8.31. The number of rotatable bonds is 8. The first-order valence-corrected chi connectivity index (χ1v) is 11.3. The van der Waals surface area contributed by atoms with Crippen LogP contribution < -0.4 is 10.6 Å². The van der Waals surface area contributed by atoms with E-state index in [4.69, 9.17) is 9.73 Å². The third kappa shape index (κ3) is 7.12. The number of guanidine groups is 1. The standard InChI is InChI=1S/C20H35N5OS.HI/c1-3-21-20(22-14-17-7-8-24(4-2)16-17)23-15-18(19-6-5-13-27-19)25-9-11-26-12-10-25;/h5-6,13,17-18H,3-4,7-12,14-16H2,1-2H3,(H2,21,22,23);1H. The van der Waals surface area contributed by atoms with Crippen molar-refractivity contribution >= 4 is 41.3 Å². The molecular weight excluding hydrogens is 485 g/mol. The van der Waals surface area contributed by atoms with Gasteiger partial charge in [-0.05, 0) is 43.8 Å². The molecule has 0 saturated carbocycles. The van der Waals surface area contributed by atoms with Crippen LogP contribution in [0, 0.1) is 5.92 Å². The highest BCUT2D eigenvalue weighted by molar-refractivity contribution is 14.0. The van der Waals surface area contributed by atoms with Gasteiger partial charge in [0.2, 0.25) is 0 Å². The minimum absolute atomic E-state index is 0. The molecule has 0 bridgehead atoms. The molecule has 160 valence electrons. The molecule has 6 nitrogen and oxygen atoms in total. The number of hydrogen-bond acceptors (Lipinski definition) is 5. The smallest absolute Gasteiger partial charge is 0.191 e. The summed E-state index contributed by atoms with van der Waals surface area (Å²) in [5.41, 5.74) is 0. The van der Waals surface area contributed by atoms with E-state index in [0.717, 1.165) is 64.4 Å². The lowest BCUT2D eigenvalue weighted by atomic mass is 10.1. The van der Waals surface area contributed by atoms with Crippen molar-refractivity contribution in [1.82, 2.24) is 20.4 Å². The van der Waals surface area contributed by atoms with E-state index in [-0.39, 0.29) is 24.0 Å². The molecule has 2 unspecified atom stereocenters. The summed E-state index contributed by atoms with van der Waals surface area (Å²) in [6.07, 6.45) is 1.28. The molecule has 0 aromatic carbocycles. The molecule has 8 heteroatoms. The second kappa shape index (κ2) is 13.0. The summed E-state index contributed by atoms with van der Waals surface area (Å²) < 4.78 is 5.54. The average Bonchev–Trinajstić information content (AvgIpc) is 3.39. The van der Waals surface area contributed by atoms with Crippen molar-refractivity contribution in [3.05, 3.63) is 22.4 Å². The van der Waals surface area contributed by atoms with Crippen molar-refractivity contribution < 1.29 is 4.74 Å². The highest BCUT2D eigenvalue weighted by Crippen LogP contribution is 2.26. The number of aliphatic imine (C=N–C) groups is 1. The highest BCUT2D eigenvalue weighted by Gasteiger charge is 2.24. The molecule has 2 fully saturated rings. The fraction of sp³-hybridized carbons (Fsp3) is 0.750. The number of likely N-dealkylation sites (tertiary alicyclic amines) is 1. The zero-order valence-electron chi connectivity index (χ0n) is 17.2. The SMILES string of the molecule is CCNC(=NCC(c1cccs1)N1CCOCC1)NCC1CCN(CC)C1.I. The Morgan fingerprint density at radius 1 is 1.29 bits per heavy atom. The number of nitrogens with one attached hydrogen (secondary N) is 2. The van der Waals surface area contributed by atoms with Gasteiger partial charge in [0.15, 0.2) is 5.96 Å². The molecule has 1 aromatic rings. The molecule has 0 amide bonds. The van der Waals surface area contributed by atoms with Gasteiger partial charge >= 0.3 is 0 Å². The van der Waals surface area contributed by atoms with Crippen molar-refractivity contribution in [2.45, 2.75) is 26.3 Å². The van der Waals surface area contributed by atoms with Crippen LogP contribution in [0.15, 0.2) is 22.5 Å². The molecule has 0 spiro atoms. The second-order valence-electron chi connectivity index (χ2n) is 7.33. The maximum Gasteiger partial charge on any atom is 0.191 e. The van der Waals surface area contributed by atoms with Crippen LogP contribution in [-0.4, -0.2) is 81.3 Å². The third-order valence-corrected chi connectivity index (χ3v) is 6.47. The van der Waals surface area contributed by atoms with E-state index in [1.165, 1.54) is 24.4 Å². The first-order valence-electron chi connectivity index (χ1n) is 10.4. The van der Waals surface area contributed by atoms with Gasteiger partial charge in [0.05, 0.1) is 25.8 Å². The van der Waals surface area contributed by atoms with Crippen LogP contribution in [0.25, 0.3) is 0 Å². The molecule has 3 heterocycles. The normalized spacial score (nSPS) is 22.6. The Morgan fingerprint density at radius 2 is 2.11 bits per heavy atom. The highest BCUT2D eigenvalue weighted by atomic mass is 127. The molecule has 2 atom stereocenters. The van der Waals surface area contributed by atoms with Crippen LogP contribution in [-0.2, 0) is 4.74 Å². The van der Waals surface area contributed by atoms with Crippen molar-refractivity contribution in [2.75, 3.05) is 65.6 Å². The number of ether oxygens (including phenoxy) is 1. The van der Waals surface area contributed by atoms with Gasteiger partial charge in [0.1, 0.15) is 0 Å². The van der Waals surface area contributed by atoms with E-state index >= 15 is 0 Å². The molecule has 2 aliphatic rings. The Bertz CT molecular complexity index is 565. The minimum Gasteiger partial charge on any atom is -0.379 e. The lowest BCUT2D eigenvalue weighted by Crippen LogP contribution is -2.42. The number of hydrogen-bond donors (Lipinski definition) is 2. The fourth-order valence-electron chi connectivity index (χ4n) is 3.88. The molecule has 0 aliphatic carbocycles. The van der Waals surface area contributed by atoms with Crippen molar-refractivity contribution in [3.8, 4) is 0 Å². The Balaban J connectivity index is 0.00000280. The number of morpholine rings is 1. The van der Waals surface area contributed by atoms with E-state index in [9.17, 15) is 0 Å². The zero-order chi connectivity index (χ0) is 18.9. The summed E-state index contributed by atoms with van der Waals surface area (Å²) in [5, 5.41) is 9.17. The molecule has 1 aromatic heterocycles. The van der Waals surface area contributed by atoms with Crippen LogP contribution in [0.2, 0.25) is 0 Å². The van der Waals surface area contributed by atoms with E-state index in [2.05, 4.69) is 51.8 Å². The van der Waals surface area contributed by atoms with Gasteiger partial charge in [-0.1, -0.05) is 13.0 Å². The van der Waals surface area contributed by atoms with Crippen molar-refractivity contribution in [1.29, 1.82) is 0 Å². The van der Waals surface area contributed by atoms with Crippen LogP contribution in [0.5, 0.6) is 0 Å². The van der Waals surface area contributed by atoms with Gasteiger partial charge in [-0.2, -0.15) is 0 Å². The summed E-state index contributed by atoms with van der Waals surface area (Å²) in [7, 11) is 0. The number of halogens is 1. The lowest BCUT2D eigenvalue weighted by Gasteiger charge is -2.33. The van der Waals surface area contributed by atoms with Gasteiger partial charge in [0, 0.05) is 37.6 Å². The summed E-state index contributed by atoms with van der Waals surface area (Å²) in [6.45, 7) is 14.2. The van der Waals surface area contributed by atoms with E-state index < -0.39 is 0 Å². The fourth-order valence-corrected chi connectivity index (χ4v) is 4.73. The van der Waals surface area contributed by atoms with Gasteiger partial charge in [-0.15, -0.1) is 35.3 Å². The number of nitrogens with zero attached hydrogens (tertiary/aromatic N) is 3. The zero-order valence-corrected chi connectivity index (χ0v) is 20.4. The molecular formula is C20H36IN5OS. The predicted molar refractivity (Wildman–Crippen MR) is 129 cm³/mol. The first-order chi connectivity index (χ1) is 13.3. The van der Waals surface area contributed by atoms with Crippen LogP contribution in [0.4, 0.5) is 0 Å². The maximum absolute atomic E-state index is 5.54. The summed E-state index contributed by atoms with van der Waals surface area (Å²) in [4.78, 5) is 11.4. The van der Waals surface area contributed by atoms with Crippen LogP contribution in [0.3, 0.4) is 0 Å². The van der Waals surface area contributed by atoms with Crippen LogP contribution in [0.1, 0.15) is 31.2 Å². The Labute approximate surface area is 191 Å². The molecule has 2 aliphatic heterocycles. The Morgan fingerprint density at radius 3 is 2.75 bits per heavy atom. The third-order valence-electron chi connectivity index (χ3n) is 5.50. The van der Waals surface area contributed by atoms with Crippen LogP contribution >= 0.6 is 35.3 Å². The van der Waals surface area contributed by atoms with Gasteiger partial charge < -0.3 is 20.3 Å². The van der Waals surface area contributed by atoms with Crippen molar-refractivity contribution in [2.24, 2.45) is 10.9 Å². The Kier molecular flexibility index (Phi) is 11.1. The minimum atomic E-state index is 0. The topological polar surface area (TPSA) is 52.1 Å². The predicted octanol–water partition coefficient (Wildman–Crippen LogP) is 2.64. The Hall–Kier alpha value is -0.420. The monoisotopic (exact) mass is 521 g/mol. The van der Waals surface area contributed by atoms with Gasteiger partial charge in [0.25, 0.3) is 0 Å². The van der Waals surface area contributed by atoms with E-state index in [0.29, 0.717) is 6.04 Å². The summed E-state index contributed by atoms with van der Waals surface area (Å²) in [6, 6.07) is 4.71. The van der Waals surface area contributed by atoms with Gasteiger partial charge in [-0.25, -0.2) is 0 Å². The van der Waals surface area contributed by atoms with E-state index in [1.807, 2.05) is 11.3 Å². The molecule has 2 N–H and O–H groups in total. The molecule has 28 heavy (non-hydrogen) atoms. The first kappa shape index (κ1) is 23.9. The maximum atomic E-state index is 5.54. The van der Waals surface area contributed by atoms with E-state index in [1.54, 1.807) is 0 Å². The molecule has 3 rings (SSSR count). The number of thiophene rings is 1. The average molecular weight is 522 g/mol. The lowest BCUT2D eigenvalue weighted by molar-refractivity contribution is 0.0186. The molecule has 0 radical (unpaired) electrons. The quantitative estimate of drug-likeness (QED) is 0.313. The molecule has 2 saturated heterocycles. The largest absolute Gasteiger partial charge is 0.379 e. The summed E-state index contributed by atoms with van der Waals surface area (Å²) >= 11 is 1.83. The van der Waals surface area contributed by atoms with Gasteiger partial charge in [-0.3, -0.25) is 9.89 Å². The van der Waals surface area contributed by atoms with Crippen molar-refractivity contribution in [3.63, 3.8) is 0 Å².